The number of aryl methyl sites for hydroxylation is 1. The van der Waals surface area contributed by atoms with Crippen molar-refractivity contribution in [2.75, 3.05) is 4.90 Å². The number of hydrogen-bond donors (Lipinski definition) is 0. The summed E-state index contributed by atoms with van der Waals surface area (Å²) in [6.07, 6.45) is 5.04. The Bertz CT molecular complexity index is 575. The van der Waals surface area contributed by atoms with Crippen molar-refractivity contribution in [3.63, 3.8) is 0 Å². The van der Waals surface area contributed by atoms with Gasteiger partial charge >= 0.3 is 0 Å². The lowest BCUT2D eigenvalue weighted by Gasteiger charge is -2.43. The van der Waals surface area contributed by atoms with Gasteiger partial charge in [0, 0.05) is 11.7 Å². The highest BCUT2D eigenvalue weighted by molar-refractivity contribution is 5.58. The first-order valence-electron chi connectivity index (χ1n) is 8.22. The van der Waals surface area contributed by atoms with Crippen LogP contribution in [0.2, 0.25) is 0 Å². The van der Waals surface area contributed by atoms with E-state index in [4.69, 9.17) is 0 Å². The van der Waals surface area contributed by atoms with E-state index in [1.165, 1.54) is 42.5 Å². The molecule has 0 bridgehead atoms. The van der Waals surface area contributed by atoms with Crippen LogP contribution in [0.25, 0.3) is 0 Å². The molecule has 0 aliphatic carbocycles. The Kier molecular flexibility index (Phi) is 4.28. The zero-order valence-corrected chi connectivity index (χ0v) is 13.1. The van der Waals surface area contributed by atoms with E-state index in [1.807, 2.05) is 0 Å². The highest BCUT2D eigenvalue weighted by Gasteiger charge is 2.29. The molecule has 0 aromatic heterocycles. The van der Waals surface area contributed by atoms with Crippen molar-refractivity contribution in [1.82, 2.24) is 0 Å². The molecule has 0 saturated heterocycles. The molecule has 1 heterocycles. The molecule has 0 radical (unpaired) electrons. The van der Waals surface area contributed by atoms with Crippen LogP contribution < -0.4 is 4.90 Å². The number of benzene rings is 2. The summed E-state index contributed by atoms with van der Waals surface area (Å²) in [7, 11) is 0. The van der Waals surface area contributed by atoms with E-state index in [0.29, 0.717) is 12.1 Å². The van der Waals surface area contributed by atoms with Crippen LogP contribution in [0.5, 0.6) is 0 Å². The Labute approximate surface area is 128 Å². The molecule has 2 aromatic carbocycles. The number of anilines is 1. The topological polar surface area (TPSA) is 3.24 Å². The second kappa shape index (κ2) is 6.34. The second-order valence-corrected chi connectivity index (χ2v) is 6.10. The molecular formula is C20H25N. The highest BCUT2D eigenvalue weighted by Crippen LogP contribution is 2.38. The molecule has 2 atom stereocenters. The summed E-state index contributed by atoms with van der Waals surface area (Å²) < 4.78 is 0. The van der Waals surface area contributed by atoms with E-state index in [1.54, 1.807) is 0 Å². The predicted octanol–water partition coefficient (Wildman–Crippen LogP) is 5.37. The molecule has 1 aliphatic rings. The minimum absolute atomic E-state index is 0.434. The minimum atomic E-state index is 0.434. The molecule has 3 rings (SSSR count). The summed E-state index contributed by atoms with van der Waals surface area (Å²) >= 11 is 0. The van der Waals surface area contributed by atoms with Gasteiger partial charge in [0.2, 0.25) is 0 Å². The van der Waals surface area contributed by atoms with Gasteiger partial charge in [-0.3, -0.25) is 0 Å². The number of fused-ring (bicyclic) bond motifs is 1. The molecular weight excluding hydrogens is 254 g/mol. The molecule has 0 unspecified atom stereocenters. The zero-order chi connectivity index (χ0) is 14.7. The number of nitrogens with zero attached hydrogens (tertiary/aromatic N) is 1. The van der Waals surface area contributed by atoms with Crippen molar-refractivity contribution in [1.29, 1.82) is 0 Å². The van der Waals surface area contributed by atoms with Gasteiger partial charge in [-0.2, -0.15) is 0 Å². The fraction of sp³-hybridized carbons (Fsp3) is 0.400. The Morgan fingerprint density at radius 1 is 1.05 bits per heavy atom. The summed E-state index contributed by atoms with van der Waals surface area (Å²) in [5.74, 6) is 0. The Hall–Kier alpha value is -1.76. The van der Waals surface area contributed by atoms with Crippen LogP contribution in [0.4, 0.5) is 5.69 Å². The van der Waals surface area contributed by atoms with Crippen LogP contribution in [-0.2, 0) is 6.42 Å². The maximum atomic E-state index is 2.66. The molecule has 0 saturated carbocycles. The summed E-state index contributed by atoms with van der Waals surface area (Å²) in [6.45, 7) is 4.64. The van der Waals surface area contributed by atoms with E-state index in [2.05, 4.69) is 73.3 Å². The van der Waals surface area contributed by atoms with E-state index >= 15 is 0 Å². The quantitative estimate of drug-likeness (QED) is 0.727. The molecule has 0 N–H and O–H groups in total. The zero-order valence-electron chi connectivity index (χ0n) is 13.1. The van der Waals surface area contributed by atoms with Crippen LogP contribution in [0.15, 0.2) is 54.6 Å². The molecule has 1 aliphatic heterocycles. The molecule has 2 aromatic rings. The van der Waals surface area contributed by atoms with Gasteiger partial charge in [0.05, 0.1) is 6.04 Å². The predicted molar refractivity (Wildman–Crippen MR) is 90.8 cm³/mol. The van der Waals surface area contributed by atoms with Crippen LogP contribution in [0.3, 0.4) is 0 Å². The van der Waals surface area contributed by atoms with Crippen molar-refractivity contribution >= 4 is 5.69 Å². The first kappa shape index (κ1) is 14.2. The normalized spacial score (nSPS) is 19.1. The Morgan fingerprint density at radius 3 is 2.52 bits per heavy atom. The lowest BCUT2D eigenvalue weighted by molar-refractivity contribution is 0.455. The largest absolute Gasteiger partial charge is 0.362 e. The van der Waals surface area contributed by atoms with E-state index in [0.717, 1.165) is 0 Å². The smallest absolute Gasteiger partial charge is 0.0517 e. The molecule has 110 valence electrons. The van der Waals surface area contributed by atoms with Crippen molar-refractivity contribution < 1.29 is 0 Å². The molecule has 1 heteroatoms. The van der Waals surface area contributed by atoms with Gasteiger partial charge in [-0.05, 0) is 43.4 Å². The third-order valence-electron chi connectivity index (χ3n) is 4.73. The fourth-order valence-corrected chi connectivity index (χ4v) is 3.67. The third kappa shape index (κ3) is 2.83. The van der Waals surface area contributed by atoms with Crippen LogP contribution >= 0.6 is 0 Å². The lowest BCUT2D eigenvalue weighted by atomic mass is 9.90. The molecule has 1 nitrogen and oxygen atoms in total. The minimum Gasteiger partial charge on any atom is -0.362 e. The van der Waals surface area contributed by atoms with Crippen molar-refractivity contribution in [2.45, 2.75) is 51.6 Å². The second-order valence-electron chi connectivity index (χ2n) is 6.10. The van der Waals surface area contributed by atoms with Gasteiger partial charge in [-0.15, -0.1) is 0 Å². The molecule has 0 fully saturated rings. The average molecular weight is 279 g/mol. The molecule has 0 amide bonds. The summed E-state index contributed by atoms with van der Waals surface area (Å²) in [4.78, 5) is 2.66. The molecule has 0 spiro atoms. The maximum absolute atomic E-state index is 2.66. The summed E-state index contributed by atoms with van der Waals surface area (Å²) in [5, 5.41) is 0. The first-order chi connectivity index (χ1) is 10.3. The van der Waals surface area contributed by atoms with Crippen LogP contribution in [0, 0.1) is 0 Å². The lowest BCUT2D eigenvalue weighted by Crippen LogP contribution is -2.41. The highest BCUT2D eigenvalue weighted by atomic mass is 15.2. The van der Waals surface area contributed by atoms with E-state index < -0.39 is 0 Å². The Balaban J connectivity index is 1.99. The standard InChI is InChI=1S/C20H25N/c1-3-9-19-15-14-18-12-7-8-13-20(18)21(19)16(2)17-10-5-4-6-11-17/h4-8,10-13,16,19H,3,9,14-15H2,1-2H3/t16-,19+/m1/s1. The van der Waals surface area contributed by atoms with Gasteiger partial charge in [0.15, 0.2) is 0 Å². The van der Waals surface area contributed by atoms with E-state index in [-0.39, 0.29) is 0 Å². The summed E-state index contributed by atoms with van der Waals surface area (Å²) in [6, 6.07) is 21.0. The van der Waals surface area contributed by atoms with Crippen molar-refractivity contribution in [2.24, 2.45) is 0 Å². The van der Waals surface area contributed by atoms with Crippen molar-refractivity contribution in [3.8, 4) is 0 Å². The first-order valence-corrected chi connectivity index (χ1v) is 8.22. The average Bonchev–Trinajstić information content (AvgIpc) is 2.55. The van der Waals surface area contributed by atoms with Gasteiger partial charge in [0.25, 0.3) is 0 Å². The monoisotopic (exact) mass is 279 g/mol. The van der Waals surface area contributed by atoms with Gasteiger partial charge in [0.1, 0.15) is 0 Å². The van der Waals surface area contributed by atoms with E-state index in [9.17, 15) is 0 Å². The van der Waals surface area contributed by atoms with Gasteiger partial charge in [-0.1, -0.05) is 61.9 Å². The number of para-hydroxylation sites is 1. The SMILES string of the molecule is CCC[C@H]1CCc2ccccc2N1[C@H](C)c1ccccc1. The summed E-state index contributed by atoms with van der Waals surface area (Å²) in [5.41, 5.74) is 4.36. The van der Waals surface area contributed by atoms with Gasteiger partial charge in [-0.25, -0.2) is 0 Å². The van der Waals surface area contributed by atoms with Crippen molar-refractivity contribution in [3.05, 3.63) is 65.7 Å². The fourth-order valence-electron chi connectivity index (χ4n) is 3.67. The number of rotatable bonds is 4. The number of hydrogen-bond acceptors (Lipinski definition) is 1. The van der Waals surface area contributed by atoms with Crippen LogP contribution in [-0.4, -0.2) is 6.04 Å². The third-order valence-corrected chi connectivity index (χ3v) is 4.73. The van der Waals surface area contributed by atoms with Crippen LogP contribution in [0.1, 0.15) is 50.3 Å². The Morgan fingerprint density at radius 2 is 1.76 bits per heavy atom. The van der Waals surface area contributed by atoms with Gasteiger partial charge < -0.3 is 4.90 Å². The molecule has 21 heavy (non-hydrogen) atoms. The maximum Gasteiger partial charge on any atom is 0.0517 e.